The Bertz CT molecular complexity index is 250. The van der Waals surface area contributed by atoms with E-state index in [9.17, 15) is 10.0 Å². The van der Waals surface area contributed by atoms with Crippen molar-refractivity contribution in [1.29, 1.82) is 0 Å². The summed E-state index contributed by atoms with van der Waals surface area (Å²) in [5.41, 5.74) is 5.07. The summed E-state index contributed by atoms with van der Waals surface area (Å²) in [5.74, 6) is -0.157. The molecule has 0 saturated heterocycles. The van der Waals surface area contributed by atoms with Crippen LogP contribution in [0.2, 0.25) is 0 Å². The molecule has 140 valence electrons. The summed E-state index contributed by atoms with van der Waals surface area (Å²) in [5, 5.41) is 10.6. The molecule has 0 aliphatic carbocycles. The lowest BCUT2D eigenvalue weighted by Gasteiger charge is -2.33. The Morgan fingerprint density at radius 3 is 1.43 bits per heavy atom. The van der Waals surface area contributed by atoms with Gasteiger partial charge in [0.2, 0.25) is 5.91 Å². The topological polar surface area (TPSA) is 66.2 Å². The zero-order valence-electron chi connectivity index (χ0n) is 16.2. The van der Waals surface area contributed by atoms with Gasteiger partial charge in [0.25, 0.3) is 0 Å². The van der Waals surface area contributed by atoms with Crippen LogP contribution in [0.25, 0.3) is 0 Å². The number of amides is 1. The van der Waals surface area contributed by atoms with Crippen LogP contribution in [0.15, 0.2) is 0 Å². The average molecular weight is 331 g/mol. The summed E-state index contributed by atoms with van der Waals surface area (Å²) in [6, 6.07) is 0. The van der Waals surface area contributed by atoms with Gasteiger partial charge in [0, 0.05) is 6.42 Å². The first-order chi connectivity index (χ1) is 10.8. The lowest BCUT2D eigenvalue weighted by atomic mass is 10.1. The highest BCUT2D eigenvalue weighted by molar-refractivity contribution is 5.73. The summed E-state index contributed by atoms with van der Waals surface area (Å²) in [7, 11) is 3.31. The quantitative estimate of drug-likeness (QED) is 0.272. The SMILES string of the molecule is CCCCCCCCCCCCCC(N)=O.CCC[N+](C)(C)[O-]. The van der Waals surface area contributed by atoms with Crippen molar-refractivity contribution in [2.75, 3.05) is 20.6 Å². The number of unbranched alkanes of at least 4 members (excludes halogenated alkanes) is 10. The fraction of sp³-hybridized carbons (Fsp3) is 0.947. The molecule has 0 aromatic heterocycles. The van der Waals surface area contributed by atoms with Gasteiger partial charge in [0.05, 0.1) is 20.6 Å². The number of hydroxylamine groups is 3. The molecule has 0 heterocycles. The molecular formula is C19H42N2O2. The largest absolute Gasteiger partial charge is 0.633 e. The fourth-order valence-corrected chi connectivity index (χ4v) is 2.50. The van der Waals surface area contributed by atoms with Crippen molar-refractivity contribution < 1.29 is 9.44 Å². The standard InChI is InChI=1S/C14H29NO.C5H13NO/c1-2-3-4-5-6-7-8-9-10-11-12-13-14(15)16;1-4-5-6(2,3)7/h2-13H2,1H3,(H2,15,16);4-5H2,1-3H3. The summed E-state index contributed by atoms with van der Waals surface area (Å²) in [6.07, 6.45) is 16.0. The lowest BCUT2D eigenvalue weighted by molar-refractivity contribution is -0.839. The van der Waals surface area contributed by atoms with E-state index in [1.165, 1.54) is 64.2 Å². The predicted molar refractivity (Wildman–Crippen MR) is 101 cm³/mol. The van der Waals surface area contributed by atoms with E-state index < -0.39 is 0 Å². The van der Waals surface area contributed by atoms with Crippen LogP contribution in [0.3, 0.4) is 0 Å². The maximum atomic E-state index is 10.6. The van der Waals surface area contributed by atoms with E-state index in [-0.39, 0.29) is 10.6 Å². The van der Waals surface area contributed by atoms with E-state index in [1.54, 1.807) is 14.1 Å². The number of hydrogen-bond donors (Lipinski definition) is 1. The third-order valence-electron chi connectivity index (χ3n) is 3.79. The Morgan fingerprint density at radius 1 is 0.783 bits per heavy atom. The molecule has 0 atom stereocenters. The van der Waals surface area contributed by atoms with Crippen molar-refractivity contribution in [3.8, 4) is 0 Å². The lowest BCUT2D eigenvalue weighted by Crippen LogP contribution is -2.32. The highest BCUT2D eigenvalue weighted by atomic mass is 16.5. The van der Waals surface area contributed by atoms with E-state index >= 15 is 0 Å². The Labute approximate surface area is 145 Å². The van der Waals surface area contributed by atoms with E-state index in [2.05, 4.69) is 6.92 Å². The van der Waals surface area contributed by atoms with E-state index in [4.69, 9.17) is 5.73 Å². The van der Waals surface area contributed by atoms with Gasteiger partial charge in [0.1, 0.15) is 0 Å². The summed E-state index contributed by atoms with van der Waals surface area (Å²) < 4.78 is -0.156. The maximum Gasteiger partial charge on any atom is 0.217 e. The molecule has 4 heteroatoms. The third-order valence-corrected chi connectivity index (χ3v) is 3.79. The van der Waals surface area contributed by atoms with Crippen LogP contribution in [0, 0.1) is 5.21 Å². The third kappa shape index (κ3) is 29.9. The molecule has 0 aliphatic rings. The van der Waals surface area contributed by atoms with Crippen molar-refractivity contribution >= 4 is 5.91 Å². The monoisotopic (exact) mass is 330 g/mol. The Hall–Kier alpha value is -0.610. The van der Waals surface area contributed by atoms with Crippen LogP contribution in [0.4, 0.5) is 0 Å². The fourth-order valence-electron chi connectivity index (χ4n) is 2.50. The normalized spacial score (nSPS) is 11.0. The van der Waals surface area contributed by atoms with E-state index in [0.29, 0.717) is 6.42 Å². The van der Waals surface area contributed by atoms with Gasteiger partial charge in [-0.05, 0) is 12.8 Å². The van der Waals surface area contributed by atoms with E-state index in [1.807, 2.05) is 6.92 Å². The minimum absolute atomic E-state index is 0.156. The van der Waals surface area contributed by atoms with Gasteiger partial charge >= 0.3 is 0 Å². The molecule has 23 heavy (non-hydrogen) atoms. The van der Waals surface area contributed by atoms with Crippen molar-refractivity contribution in [3.63, 3.8) is 0 Å². The molecule has 2 N–H and O–H groups in total. The minimum atomic E-state index is -0.157. The van der Waals surface area contributed by atoms with Gasteiger partial charge in [0.15, 0.2) is 0 Å². The molecule has 0 aromatic carbocycles. The number of hydrogen-bond acceptors (Lipinski definition) is 2. The minimum Gasteiger partial charge on any atom is -0.633 e. The van der Waals surface area contributed by atoms with E-state index in [0.717, 1.165) is 19.4 Å². The zero-order valence-corrected chi connectivity index (χ0v) is 16.2. The van der Waals surface area contributed by atoms with Gasteiger partial charge in [-0.2, -0.15) is 0 Å². The van der Waals surface area contributed by atoms with Gasteiger partial charge < -0.3 is 15.6 Å². The molecule has 0 unspecified atom stereocenters. The summed E-state index contributed by atoms with van der Waals surface area (Å²) >= 11 is 0. The number of carbonyl (C=O) groups excluding carboxylic acids is 1. The van der Waals surface area contributed by atoms with Crippen LogP contribution in [0.1, 0.15) is 97.3 Å². The van der Waals surface area contributed by atoms with Crippen LogP contribution >= 0.6 is 0 Å². The number of nitrogens with zero attached hydrogens (tertiary/aromatic N) is 1. The van der Waals surface area contributed by atoms with Gasteiger partial charge in [-0.15, -0.1) is 0 Å². The highest BCUT2D eigenvalue weighted by Crippen LogP contribution is 2.11. The number of quaternary nitrogens is 1. The second-order valence-corrected chi connectivity index (χ2v) is 7.05. The van der Waals surface area contributed by atoms with Crippen molar-refractivity contribution in [1.82, 2.24) is 0 Å². The van der Waals surface area contributed by atoms with Crippen molar-refractivity contribution in [2.24, 2.45) is 5.73 Å². The predicted octanol–water partition coefficient (Wildman–Crippen LogP) is 5.14. The van der Waals surface area contributed by atoms with Gasteiger partial charge in [-0.1, -0.05) is 78.1 Å². The average Bonchev–Trinajstić information content (AvgIpc) is 2.44. The van der Waals surface area contributed by atoms with Crippen LogP contribution in [-0.2, 0) is 4.79 Å². The molecule has 4 nitrogen and oxygen atoms in total. The van der Waals surface area contributed by atoms with Crippen LogP contribution in [-0.4, -0.2) is 31.2 Å². The second-order valence-electron chi connectivity index (χ2n) is 7.05. The molecule has 0 bridgehead atoms. The maximum absolute atomic E-state index is 10.6. The molecule has 0 radical (unpaired) electrons. The molecule has 0 rings (SSSR count). The first-order valence-electron chi connectivity index (χ1n) is 9.65. The van der Waals surface area contributed by atoms with Crippen molar-refractivity contribution in [2.45, 2.75) is 97.3 Å². The Balaban J connectivity index is 0. The molecule has 0 aliphatic heterocycles. The van der Waals surface area contributed by atoms with Gasteiger partial charge in [-0.25, -0.2) is 0 Å². The molecule has 0 saturated carbocycles. The first-order valence-corrected chi connectivity index (χ1v) is 9.65. The Morgan fingerprint density at radius 2 is 1.17 bits per heavy atom. The van der Waals surface area contributed by atoms with Gasteiger partial charge in [-0.3, -0.25) is 4.79 Å². The van der Waals surface area contributed by atoms with Crippen LogP contribution in [0.5, 0.6) is 0 Å². The highest BCUT2D eigenvalue weighted by Gasteiger charge is 1.96. The zero-order chi connectivity index (χ0) is 18.0. The smallest absolute Gasteiger partial charge is 0.217 e. The molecular weight excluding hydrogens is 288 g/mol. The molecule has 0 fully saturated rings. The second kappa shape index (κ2) is 17.7. The number of rotatable bonds is 14. The molecule has 0 spiro atoms. The van der Waals surface area contributed by atoms with Crippen LogP contribution < -0.4 is 5.73 Å². The number of primary amides is 1. The number of carbonyl (C=O) groups is 1. The summed E-state index contributed by atoms with van der Waals surface area (Å²) in [6.45, 7) is 4.99. The number of nitrogens with two attached hydrogens (primary N) is 1. The molecule has 1 amide bonds. The molecule has 0 aromatic rings. The Kier molecular flexibility index (Phi) is 19.0. The summed E-state index contributed by atoms with van der Waals surface area (Å²) in [4.78, 5) is 10.5. The first kappa shape index (κ1) is 24.6. The van der Waals surface area contributed by atoms with Crippen molar-refractivity contribution in [3.05, 3.63) is 5.21 Å².